The van der Waals surface area contributed by atoms with Gasteiger partial charge in [-0.05, 0) is 55.7 Å². The van der Waals surface area contributed by atoms with E-state index in [1.165, 1.54) is 12.6 Å². The molecule has 2 aromatic carbocycles. The van der Waals surface area contributed by atoms with Gasteiger partial charge in [-0.3, -0.25) is 13.9 Å². The van der Waals surface area contributed by atoms with Crippen molar-refractivity contribution in [2.24, 2.45) is 7.05 Å². The molecule has 2 heterocycles. The maximum atomic E-state index is 12.7. The Labute approximate surface area is 149 Å². The fourth-order valence-electron chi connectivity index (χ4n) is 3.13. The standard InChI is InChI=1S/C20H18N4O2/c1-11-8-9-14(10-13(11)3)24-15-7-5-6-12(2)16(15)21-17-18(24)22-20(26)23(4)19(17)25/h5-10H,1-4H3. The third-order valence-electron chi connectivity index (χ3n) is 4.85. The molecule has 6 heteroatoms. The molecule has 4 rings (SSSR count). The highest BCUT2D eigenvalue weighted by Crippen LogP contribution is 2.27. The van der Waals surface area contributed by atoms with Gasteiger partial charge in [0.1, 0.15) is 0 Å². The van der Waals surface area contributed by atoms with E-state index < -0.39 is 11.2 Å². The molecule has 26 heavy (non-hydrogen) atoms. The first kappa shape index (κ1) is 16.2. The van der Waals surface area contributed by atoms with Crippen molar-refractivity contribution in [3.05, 3.63) is 73.9 Å². The van der Waals surface area contributed by atoms with Crippen molar-refractivity contribution in [1.29, 1.82) is 0 Å². The summed E-state index contributed by atoms with van der Waals surface area (Å²) >= 11 is 0. The molecule has 0 fully saturated rings. The number of aromatic nitrogens is 4. The van der Waals surface area contributed by atoms with Gasteiger partial charge in [-0.15, -0.1) is 0 Å². The second-order valence-electron chi connectivity index (χ2n) is 6.59. The van der Waals surface area contributed by atoms with Crippen LogP contribution < -0.4 is 11.2 Å². The minimum absolute atomic E-state index is 0.187. The molecule has 130 valence electrons. The fourth-order valence-corrected chi connectivity index (χ4v) is 3.13. The monoisotopic (exact) mass is 346 g/mol. The van der Waals surface area contributed by atoms with E-state index in [0.717, 1.165) is 32.4 Å². The minimum Gasteiger partial charge on any atom is -0.291 e. The van der Waals surface area contributed by atoms with Crippen molar-refractivity contribution >= 4 is 11.0 Å². The minimum atomic E-state index is -0.589. The maximum Gasteiger partial charge on any atom is 0.352 e. The second kappa shape index (κ2) is 5.62. The lowest BCUT2D eigenvalue weighted by atomic mass is 10.1. The summed E-state index contributed by atoms with van der Waals surface area (Å²) in [5.74, 6) is 0.277. The predicted octanol–water partition coefficient (Wildman–Crippen LogP) is 2.51. The number of fused-ring (bicyclic) bond motifs is 2. The van der Waals surface area contributed by atoms with Crippen molar-refractivity contribution in [1.82, 2.24) is 19.1 Å². The molecule has 2 aromatic rings. The average molecular weight is 346 g/mol. The number of hydrogen-bond acceptors (Lipinski definition) is 4. The summed E-state index contributed by atoms with van der Waals surface area (Å²) in [7, 11) is 1.42. The fraction of sp³-hybridized carbons (Fsp3) is 0.200. The summed E-state index contributed by atoms with van der Waals surface area (Å²) in [6.07, 6.45) is 0. The van der Waals surface area contributed by atoms with Crippen LogP contribution in [0.15, 0.2) is 46.0 Å². The summed E-state index contributed by atoms with van der Waals surface area (Å²) in [5.41, 5.74) is 4.76. The van der Waals surface area contributed by atoms with Gasteiger partial charge < -0.3 is 0 Å². The molecule has 0 atom stereocenters. The van der Waals surface area contributed by atoms with Crippen LogP contribution in [-0.4, -0.2) is 19.1 Å². The molecule has 0 N–H and O–H groups in total. The lowest BCUT2D eigenvalue weighted by Crippen LogP contribution is -2.36. The van der Waals surface area contributed by atoms with Gasteiger partial charge in [0.25, 0.3) is 5.56 Å². The van der Waals surface area contributed by atoms with E-state index in [2.05, 4.69) is 9.97 Å². The largest absolute Gasteiger partial charge is 0.352 e. The SMILES string of the molecule is Cc1ccc(-n2c3nc(=O)n(C)c(=O)c-3nc3c(C)cccc32)cc1C. The van der Waals surface area contributed by atoms with Crippen molar-refractivity contribution < 1.29 is 0 Å². The van der Waals surface area contributed by atoms with E-state index >= 15 is 0 Å². The molecule has 0 radical (unpaired) electrons. The van der Waals surface area contributed by atoms with Gasteiger partial charge in [0.05, 0.1) is 11.0 Å². The molecule has 6 nitrogen and oxygen atoms in total. The summed E-state index contributed by atoms with van der Waals surface area (Å²) in [6, 6.07) is 11.8. The summed E-state index contributed by atoms with van der Waals surface area (Å²) in [6.45, 7) is 6.02. The molecular weight excluding hydrogens is 328 g/mol. The van der Waals surface area contributed by atoms with Gasteiger partial charge >= 0.3 is 5.69 Å². The smallest absolute Gasteiger partial charge is 0.291 e. The first-order chi connectivity index (χ1) is 12.4. The Balaban J connectivity index is 2.28. The van der Waals surface area contributed by atoms with Crippen molar-refractivity contribution in [2.75, 3.05) is 0 Å². The number of benzene rings is 2. The Kier molecular flexibility index (Phi) is 3.50. The van der Waals surface area contributed by atoms with Crippen LogP contribution in [0.1, 0.15) is 16.7 Å². The van der Waals surface area contributed by atoms with E-state index in [4.69, 9.17) is 0 Å². The molecule has 0 bridgehead atoms. The first-order valence-electron chi connectivity index (χ1n) is 8.35. The lowest BCUT2D eigenvalue weighted by molar-refractivity contribution is 0.759. The van der Waals surface area contributed by atoms with Gasteiger partial charge in [-0.2, -0.15) is 4.98 Å². The van der Waals surface area contributed by atoms with Crippen LogP contribution in [0.4, 0.5) is 0 Å². The van der Waals surface area contributed by atoms with Crippen LogP contribution in [0.3, 0.4) is 0 Å². The van der Waals surface area contributed by atoms with Gasteiger partial charge in [-0.25, -0.2) is 9.78 Å². The Morgan fingerprint density at radius 1 is 0.885 bits per heavy atom. The molecular formula is C20H18N4O2. The molecule has 2 aliphatic heterocycles. The van der Waals surface area contributed by atoms with Crippen LogP contribution in [0.25, 0.3) is 28.2 Å². The molecule has 0 saturated heterocycles. The van der Waals surface area contributed by atoms with E-state index in [-0.39, 0.29) is 11.5 Å². The number of aryl methyl sites for hydroxylation is 3. The lowest BCUT2D eigenvalue weighted by Gasteiger charge is -2.19. The van der Waals surface area contributed by atoms with Gasteiger partial charge in [0, 0.05) is 12.7 Å². The Bertz CT molecular complexity index is 1270. The molecule has 0 amide bonds. The normalized spacial score (nSPS) is 11.4. The summed E-state index contributed by atoms with van der Waals surface area (Å²) in [5, 5.41) is 0. The highest BCUT2D eigenvalue weighted by Gasteiger charge is 2.22. The predicted molar refractivity (Wildman–Crippen MR) is 101 cm³/mol. The number of nitrogens with zero attached hydrogens (tertiary/aromatic N) is 4. The van der Waals surface area contributed by atoms with Crippen LogP contribution in [-0.2, 0) is 7.05 Å². The molecule has 0 spiro atoms. The summed E-state index contributed by atoms with van der Waals surface area (Å²) in [4.78, 5) is 33.5. The van der Waals surface area contributed by atoms with Crippen LogP contribution >= 0.6 is 0 Å². The molecule has 0 aromatic heterocycles. The van der Waals surface area contributed by atoms with Crippen LogP contribution in [0, 0.1) is 20.8 Å². The highest BCUT2D eigenvalue weighted by molar-refractivity contribution is 5.84. The third-order valence-corrected chi connectivity index (χ3v) is 4.85. The van der Waals surface area contributed by atoms with Crippen LogP contribution in [0.2, 0.25) is 0 Å². The molecule has 0 saturated carbocycles. The first-order valence-corrected chi connectivity index (χ1v) is 8.35. The zero-order valence-corrected chi connectivity index (χ0v) is 15.1. The summed E-state index contributed by atoms with van der Waals surface area (Å²) < 4.78 is 2.84. The van der Waals surface area contributed by atoms with Gasteiger partial charge in [0.2, 0.25) is 0 Å². The van der Waals surface area contributed by atoms with E-state index in [1.54, 1.807) is 0 Å². The zero-order valence-electron chi connectivity index (χ0n) is 15.1. The molecule has 2 aliphatic rings. The number of para-hydroxylation sites is 1. The van der Waals surface area contributed by atoms with Gasteiger partial charge in [-0.1, -0.05) is 18.2 Å². The van der Waals surface area contributed by atoms with Crippen molar-refractivity contribution in [3.63, 3.8) is 0 Å². The highest BCUT2D eigenvalue weighted by atomic mass is 16.2. The number of rotatable bonds is 1. The quantitative estimate of drug-likeness (QED) is 0.497. The Morgan fingerprint density at radius 2 is 1.65 bits per heavy atom. The van der Waals surface area contributed by atoms with Gasteiger partial charge in [0.15, 0.2) is 11.5 Å². The van der Waals surface area contributed by atoms with Crippen molar-refractivity contribution in [3.8, 4) is 17.2 Å². The maximum absolute atomic E-state index is 12.7. The van der Waals surface area contributed by atoms with E-state index in [1.807, 2.05) is 61.7 Å². The van der Waals surface area contributed by atoms with Crippen LogP contribution in [0.5, 0.6) is 0 Å². The zero-order chi connectivity index (χ0) is 18.6. The Morgan fingerprint density at radius 3 is 2.38 bits per heavy atom. The van der Waals surface area contributed by atoms with Crippen molar-refractivity contribution in [2.45, 2.75) is 20.8 Å². The van der Waals surface area contributed by atoms with E-state index in [9.17, 15) is 9.59 Å². The number of hydrogen-bond donors (Lipinski definition) is 0. The topological polar surface area (TPSA) is 69.8 Å². The Hall–Kier alpha value is -3.28. The second-order valence-corrected chi connectivity index (χ2v) is 6.59. The van der Waals surface area contributed by atoms with E-state index in [0.29, 0.717) is 0 Å². The molecule has 0 aliphatic carbocycles. The third kappa shape index (κ3) is 2.26. The molecule has 0 unspecified atom stereocenters. The average Bonchev–Trinajstić information content (AvgIpc) is 2.61.